The van der Waals surface area contributed by atoms with Crippen LogP contribution in [0.5, 0.6) is 0 Å². The third-order valence-corrected chi connectivity index (χ3v) is 1.73. The summed E-state index contributed by atoms with van der Waals surface area (Å²) in [5.74, 6) is 0. The van der Waals surface area contributed by atoms with Crippen LogP contribution in [0.1, 0.15) is 11.6 Å². The molecule has 0 unspecified atom stereocenters. The van der Waals surface area contributed by atoms with E-state index in [-0.39, 0.29) is 10.7 Å². The van der Waals surface area contributed by atoms with Gasteiger partial charge in [-0.2, -0.15) is 0 Å². The fourth-order valence-electron chi connectivity index (χ4n) is 0.783. The Labute approximate surface area is 73.4 Å². The molecule has 0 aromatic carbocycles. The fraction of sp³-hybridized carbons (Fsp3) is 0.286. The molecule has 66 valence electrons. The smallest absolute Gasteiger partial charge is 0.257 e. The lowest BCUT2D eigenvalue weighted by Gasteiger charge is -2.10. The lowest BCUT2D eigenvalue weighted by molar-refractivity contribution is 0.116. The van der Waals surface area contributed by atoms with Gasteiger partial charge in [-0.15, -0.1) is 0 Å². The normalized spacial score (nSPS) is 13.4. The molecule has 0 amide bonds. The van der Waals surface area contributed by atoms with Gasteiger partial charge < -0.3 is 5.73 Å². The first kappa shape index (κ1) is 9.35. The van der Waals surface area contributed by atoms with Crippen molar-refractivity contribution in [2.45, 2.75) is 12.5 Å². The van der Waals surface area contributed by atoms with Gasteiger partial charge in [0.1, 0.15) is 5.15 Å². The molecule has 0 saturated heterocycles. The van der Waals surface area contributed by atoms with Crippen LogP contribution in [0.3, 0.4) is 0 Å². The number of alkyl halides is 2. The Morgan fingerprint density at radius 2 is 2.17 bits per heavy atom. The van der Waals surface area contributed by atoms with E-state index in [0.29, 0.717) is 0 Å². The van der Waals surface area contributed by atoms with Gasteiger partial charge in [0.25, 0.3) is 6.43 Å². The molecule has 0 aliphatic rings. The molecule has 5 heteroatoms. The molecular formula is C7H7ClF2N2. The Morgan fingerprint density at radius 1 is 1.50 bits per heavy atom. The second-order valence-corrected chi connectivity index (χ2v) is 2.60. The molecule has 0 spiro atoms. The first-order valence-electron chi connectivity index (χ1n) is 3.27. The molecule has 0 fully saturated rings. The second-order valence-electron chi connectivity index (χ2n) is 2.24. The summed E-state index contributed by atoms with van der Waals surface area (Å²) in [5.41, 5.74) is 5.34. The van der Waals surface area contributed by atoms with Crippen molar-refractivity contribution in [3.8, 4) is 0 Å². The highest BCUT2D eigenvalue weighted by Gasteiger charge is 2.19. The summed E-state index contributed by atoms with van der Waals surface area (Å²) >= 11 is 5.54. The van der Waals surface area contributed by atoms with Gasteiger partial charge in [0.15, 0.2) is 0 Å². The number of rotatable bonds is 2. The Morgan fingerprint density at radius 3 is 2.67 bits per heavy atom. The molecule has 1 atom stereocenters. The van der Waals surface area contributed by atoms with E-state index in [1.54, 1.807) is 0 Å². The van der Waals surface area contributed by atoms with Crippen LogP contribution >= 0.6 is 11.6 Å². The summed E-state index contributed by atoms with van der Waals surface area (Å²) in [4.78, 5) is 3.63. The number of nitrogens with two attached hydrogens (primary N) is 1. The molecule has 1 heterocycles. The van der Waals surface area contributed by atoms with Gasteiger partial charge in [-0.3, -0.25) is 0 Å². The van der Waals surface area contributed by atoms with Gasteiger partial charge in [0.05, 0.1) is 6.04 Å². The SMILES string of the molecule is N[C@@H](c1cccnc1Cl)C(F)F. The maximum atomic E-state index is 12.1. The van der Waals surface area contributed by atoms with Gasteiger partial charge in [-0.25, -0.2) is 13.8 Å². The summed E-state index contributed by atoms with van der Waals surface area (Å²) in [6, 6.07) is 1.60. The number of aromatic nitrogens is 1. The van der Waals surface area contributed by atoms with Crippen LogP contribution in [-0.4, -0.2) is 11.4 Å². The lowest BCUT2D eigenvalue weighted by Crippen LogP contribution is -2.19. The van der Waals surface area contributed by atoms with Crippen LogP contribution in [-0.2, 0) is 0 Å². The summed E-state index contributed by atoms with van der Waals surface area (Å²) in [7, 11) is 0. The number of hydrogen-bond donors (Lipinski definition) is 1. The van der Waals surface area contributed by atoms with Crippen molar-refractivity contribution in [2.75, 3.05) is 0 Å². The predicted octanol–water partition coefficient (Wildman–Crippen LogP) is 2.00. The number of halogens is 3. The van der Waals surface area contributed by atoms with E-state index in [9.17, 15) is 8.78 Å². The van der Waals surface area contributed by atoms with Crippen molar-refractivity contribution in [3.05, 3.63) is 29.0 Å². The van der Waals surface area contributed by atoms with Crippen molar-refractivity contribution in [3.63, 3.8) is 0 Å². The van der Waals surface area contributed by atoms with E-state index in [0.717, 1.165) is 0 Å². The lowest BCUT2D eigenvalue weighted by atomic mass is 10.1. The number of hydrogen-bond acceptors (Lipinski definition) is 2. The minimum absolute atomic E-state index is 0.0327. The topological polar surface area (TPSA) is 38.9 Å². The van der Waals surface area contributed by atoms with Crippen molar-refractivity contribution in [1.82, 2.24) is 4.98 Å². The number of nitrogens with zero attached hydrogens (tertiary/aromatic N) is 1. The van der Waals surface area contributed by atoms with Crippen LogP contribution in [0.2, 0.25) is 5.15 Å². The van der Waals surface area contributed by atoms with Crippen molar-refractivity contribution in [1.29, 1.82) is 0 Å². The molecule has 0 aliphatic heterocycles. The Bertz CT molecular complexity index is 267. The maximum absolute atomic E-state index is 12.1. The average Bonchev–Trinajstić information content (AvgIpc) is 2.04. The monoisotopic (exact) mass is 192 g/mol. The van der Waals surface area contributed by atoms with Crippen molar-refractivity contribution in [2.24, 2.45) is 5.73 Å². The van der Waals surface area contributed by atoms with Gasteiger partial charge in [-0.1, -0.05) is 17.7 Å². The summed E-state index contributed by atoms with van der Waals surface area (Å²) in [6.45, 7) is 0. The van der Waals surface area contributed by atoms with Gasteiger partial charge in [0, 0.05) is 11.8 Å². The average molecular weight is 193 g/mol. The highest BCUT2D eigenvalue weighted by atomic mass is 35.5. The van der Waals surface area contributed by atoms with Crippen LogP contribution in [0.4, 0.5) is 8.78 Å². The molecule has 1 aromatic heterocycles. The second kappa shape index (κ2) is 3.78. The highest BCUT2D eigenvalue weighted by Crippen LogP contribution is 2.22. The highest BCUT2D eigenvalue weighted by molar-refractivity contribution is 6.30. The minimum atomic E-state index is -2.62. The first-order chi connectivity index (χ1) is 5.63. The molecule has 0 aliphatic carbocycles. The van der Waals surface area contributed by atoms with E-state index >= 15 is 0 Å². The summed E-state index contributed by atoms with van der Waals surface area (Å²) in [6.07, 6.45) is -1.20. The largest absolute Gasteiger partial charge is 0.319 e. The predicted molar refractivity (Wildman–Crippen MR) is 42.2 cm³/mol. The van der Waals surface area contributed by atoms with Crippen LogP contribution in [0.25, 0.3) is 0 Å². The Hall–Kier alpha value is -0.740. The zero-order valence-corrected chi connectivity index (χ0v) is 6.80. The first-order valence-corrected chi connectivity index (χ1v) is 3.65. The van der Waals surface area contributed by atoms with E-state index in [4.69, 9.17) is 17.3 Å². The van der Waals surface area contributed by atoms with Crippen LogP contribution < -0.4 is 5.73 Å². The van der Waals surface area contributed by atoms with E-state index < -0.39 is 12.5 Å². The molecule has 0 radical (unpaired) electrons. The molecular weight excluding hydrogens is 186 g/mol. The minimum Gasteiger partial charge on any atom is -0.319 e. The van der Waals surface area contributed by atoms with E-state index in [1.165, 1.54) is 18.3 Å². The van der Waals surface area contributed by atoms with Gasteiger partial charge in [0.2, 0.25) is 0 Å². The summed E-state index contributed by atoms with van der Waals surface area (Å²) in [5, 5.41) is 0.0327. The number of pyridine rings is 1. The zero-order chi connectivity index (χ0) is 9.14. The Kier molecular flexibility index (Phi) is 2.94. The molecule has 0 saturated carbocycles. The third-order valence-electron chi connectivity index (χ3n) is 1.42. The quantitative estimate of drug-likeness (QED) is 0.728. The fourth-order valence-corrected chi connectivity index (χ4v) is 1.03. The Balaban J connectivity index is 2.94. The third kappa shape index (κ3) is 1.89. The van der Waals surface area contributed by atoms with Gasteiger partial charge in [-0.05, 0) is 6.07 Å². The van der Waals surface area contributed by atoms with E-state index in [1.807, 2.05) is 0 Å². The van der Waals surface area contributed by atoms with Gasteiger partial charge >= 0.3 is 0 Å². The molecule has 2 N–H and O–H groups in total. The summed E-state index contributed by atoms with van der Waals surface area (Å²) < 4.78 is 24.2. The molecule has 1 aromatic rings. The van der Waals surface area contributed by atoms with Crippen LogP contribution in [0.15, 0.2) is 18.3 Å². The molecule has 12 heavy (non-hydrogen) atoms. The van der Waals surface area contributed by atoms with Crippen molar-refractivity contribution < 1.29 is 8.78 Å². The molecule has 1 rings (SSSR count). The van der Waals surface area contributed by atoms with E-state index in [2.05, 4.69) is 4.98 Å². The molecule has 2 nitrogen and oxygen atoms in total. The van der Waals surface area contributed by atoms with Crippen molar-refractivity contribution >= 4 is 11.6 Å². The standard InChI is InChI=1S/C7H7ClF2N2/c8-6-4(2-1-3-12-6)5(11)7(9)10/h1-3,5,7H,11H2/t5-/m0/s1. The molecule has 0 bridgehead atoms. The van der Waals surface area contributed by atoms with Crippen LogP contribution in [0, 0.1) is 0 Å². The zero-order valence-electron chi connectivity index (χ0n) is 6.05. The maximum Gasteiger partial charge on any atom is 0.257 e.